The van der Waals surface area contributed by atoms with Gasteiger partial charge in [0.15, 0.2) is 11.5 Å². The second-order valence-corrected chi connectivity index (χ2v) is 17.0. The van der Waals surface area contributed by atoms with E-state index >= 15 is 0 Å². The van der Waals surface area contributed by atoms with Crippen molar-refractivity contribution in [3.63, 3.8) is 0 Å². The van der Waals surface area contributed by atoms with Gasteiger partial charge in [0.25, 0.3) is 0 Å². The lowest BCUT2D eigenvalue weighted by Crippen LogP contribution is -2.41. The number of nitriles is 1. The minimum atomic E-state index is -1.31. The number of halogens is 1. The van der Waals surface area contributed by atoms with Crippen molar-refractivity contribution >= 4 is 24.9 Å². The van der Waals surface area contributed by atoms with Crippen LogP contribution < -0.4 is 5.69 Å². The van der Waals surface area contributed by atoms with E-state index in [0.717, 1.165) is 6.04 Å². The predicted molar refractivity (Wildman–Crippen MR) is 150 cm³/mol. The number of imidazole rings is 2. The van der Waals surface area contributed by atoms with E-state index < -0.39 is 14.2 Å². The van der Waals surface area contributed by atoms with Gasteiger partial charge in [0.1, 0.15) is 41.6 Å². The molecule has 10 nitrogen and oxygen atoms in total. The van der Waals surface area contributed by atoms with Gasteiger partial charge < -0.3 is 9.47 Å². The van der Waals surface area contributed by atoms with Gasteiger partial charge in [-0.3, -0.25) is 13.5 Å². The summed E-state index contributed by atoms with van der Waals surface area (Å²) in [6.07, 6.45) is 9.70. The minimum absolute atomic E-state index is 0.0675. The molecule has 1 saturated heterocycles. The maximum absolute atomic E-state index is 14.7. The Morgan fingerprint density at radius 2 is 2.10 bits per heavy atom. The zero-order valence-electron chi connectivity index (χ0n) is 22.6. The van der Waals surface area contributed by atoms with Crippen molar-refractivity contribution in [2.45, 2.75) is 51.0 Å². The fourth-order valence-electron chi connectivity index (χ4n) is 5.34. The van der Waals surface area contributed by atoms with Crippen LogP contribution in [0.1, 0.15) is 18.0 Å². The van der Waals surface area contributed by atoms with Crippen molar-refractivity contribution in [1.29, 1.82) is 5.26 Å². The van der Waals surface area contributed by atoms with Crippen molar-refractivity contribution in [2.75, 3.05) is 13.2 Å². The Bertz CT molecular complexity index is 1760. The molecule has 1 aliphatic carbocycles. The van der Waals surface area contributed by atoms with Crippen LogP contribution >= 0.6 is 0 Å². The minimum Gasteiger partial charge on any atom is -0.370 e. The van der Waals surface area contributed by atoms with Gasteiger partial charge in [0.05, 0.1) is 24.0 Å². The van der Waals surface area contributed by atoms with Gasteiger partial charge in [-0.05, 0) is 30.7 Å². The smallest absolute Gasteiger partial charge is 0.332 e. The van der Waals surface area contributed by atoms with Gasteiger partial charge in [-0.25, -0.2) is 24.1 Å². The molecular weight excluding hydrogens is 529 g/mol. The molecule has 0 N–H and O–H groups in total. The molecule has 1 aliphatic heterocycles. The summed E-state index contributed by atoms with van der Waals surface area (Å²) in [5, 5.41) is 9.39. The maximum atomic E-state index is 14.7. The molecule has 5 heterocycles. The van der Waals surface area contributed by atoms with Crippen LogP contribution in [-0.4, -0.2) is 55.9 Å². The summed E-state index contributed by atoms with van der Waals surface area (Å²) in [6.45, 7) is 7.76. The van der Waals surface area contributed by atoms with E-state index in [4.69, 9.17) is 14.5 Å². The zero-order valence-corrected chi connectivity index (χ0v) is 23.6. The van der Waals surface area contributed by atoms with Crippen molar-refractivity contribution in [1.82, 2.24) is 28.5 Å². The summed E-state index contributed by atoms with van der Waals surface area (Å²) < 4.78 is 31.4. The van der Waals surface area contributed by atoms with Crippen molar-refractivity contribution in [2.24, 2.45) is 5.92 Å². The monoisotopic (exact) mass is 559 g/mol. The Hall–Kier alpha value is -3.92. The Labute approximate surface area is 231 Å². The Kier molecular flexibility index (Phi) is 6.73. The van der Waals surface area contributed by atoms with Gasteiger partial charge in [0.2, 0.25) is 0 Å². The quantitative estimate of drug-likeness (QED) is 0.243. The first kappa shape index (κ1) is 26.3. The molecule has 206 valence electrons. The summed E-state index contributed by atoms with van der Waals surface area (Å²) in [4.78, 5) is 27.9. The van der Waals surface area contributed by atoms with E-state index in [2.05, 4.69) is 35.7 Å². The number of aromatic nitrogens is 6. The summed E-state index contributed by atoms with van der Waals surface area (Å²) in [5.41, 5.74) is 2.39. The number of rotatable bonds is 7. The van der Waals surface area contributed by atoms with Gasteiger partial charge in [-0.15, -0.1) is 0 Å². The number of hydrogen-bond acceptors (Lipinski definition) is 7. The lowest BCUT2D eigenvalue weighted by atomic mass is 9.85. The highest BCUT2D eigenvalue weighted by atomic mass is 28.3. The van der Waals surface area contributed by atoms with Crippen LogP contribution in [0, 0.1) is 17.2 Å². The highest BCUT2D eigenvalue weighted by Gasteiger charge is 2.39. The molecular formula is C28H30FN7O3Si. The third-order valence-corrected chi connectivity index (χ3v) is 9.19. The van der Waals surface area contributed by atoms with Crippen molar-refractivity contribution in [3.8, 4) is 17.6 Å². The van der Waals surface area contributed by atoms with Crippen LogP contribution in [0.3, 0.4) is 0 Å². The highest BCUT2D eigenvalue weighted by Crippen LogP contribution is 2.38. The fraction of sp³-hybridized carbons (Fsp3) is 0.393. The van der Waals surface area contributed by atoms with Crippen LogP contribution in [0.4, 0.5) is 4.39 Å². The van der Waals surface area contributed by atoms with Crippen LogP contribution in [-0.2, 0) is 16.2 Å². The standard InChI is InChI=1S/C28H30FN7O3Si/c1-40(2,3)12-11-38-17-35-23-15-32-26(22-14-31-24-8-7-18(13-30)16-34(22)24)33-27(23)36(28(35)37)21-9-10-39-25-19(21)5-4-6-20(25)29/h4-8,14-16,19,21,25H,9-12,17H2,1-3H3. The Morgan fingerprint density at radius 1 is 1.25 bits per heavy atom. The van der Waals surface area contributed by atoms with Gasteiger partial charge >= 0.3 is 5.69 Å². The zero-order chi connectivity index (χ0) is 28.0. The molecule has 2 aliphatic rings. The Balaban J connectivity index is 1.47. The average molecular weight is 560 g/mol. The maximum Gasteiger partial charge on any atom is 0.332 e. The molecule has 1 fully saturated rings. The summed E-state index contributed by atoms with van der Waals surface area (Å²) in [7, 11) is -1.31. The first-order valence-electron chi connectivity index (χ1n) is 13.3. The van der Waals surface area contributed by atoms with Crippen molar-refractivity contribution in [3.05, 3.63) is 70.8 Å². The Morgan fingerprint density at radius 3 is 2.90 bits per heavy atom. The number of fused-ring (bicyclic) bond motifs is 3. The number of allylic oxidation sites excluding steroid dienone is 2. The topological polar surface area (TPSA) is 112 Å². The second-order valence-electron chi connectivity index (χ2n) is 11.4. The lowest BCUT2D eigenvalue weighted by molar-refractivity contribution is -0.0269. The molecule has 6 rings (SSSR count). The second kappa shape index (κ2) is 10.2. The summed E-state index contributed by atoms with van der Waals surface area (Å²) >= 11 is 0. The van der Waals surface area contributed by atoms with E-state index in [-0.39, 0.29) is 30.2 Å². The normalized spacial score (nSPS) is 21.0. The van der Waals surface area contributed by atoms with E-state index in [1.807, 2.05) is 6.08 Å². The van der Waals surface area contributed by atoms with Crippen LogP contribution in [0.25, 0.3) is 28.3 Å². The number of ether oxygens (including phenoxy) is 2. The molecule has 0 spiro atoms. The van der Waals surface area contributed by atoms with E-state index in [9.17, 15) is 14.4 Å². The average Bonchev–Trinajstić information content (AvgIpc) is 3.48. The van der Waals surface area contributed by atoms with Gasteiger partial charge in [-0.1, -0.05) is 31.8 Å². The molecule has 4 aromatic heterocycles. The van der Waals surface area contributed by atoms with Gasteiger partial charge in [0, 0.05) is 33.4 Å². The molecule has 0 bridgehead atoms. The van der Waals surface area contributed by atoms with Crippen LogP contribution in [0.2, 0.25) is 25.7 Å². The van der Waals surface area contributed by atoms with E-state index in [0.29, 0.717) is 53.5 Å². The molecule has 3 atom stereocenters. The third-order valence-electron chi connectivity index (χ3n) is 7.48. The lowest BCUT2D eigenvalue weighted by Gasteiger charge is -2.37. The number of nitrogens with zero attached hydrogens (tertiary/aromatic N) is 7. The largest absolute Gasteiger partial charge is 0.370 e. The molecule has 40 heavy (non-hydrogen) atoms. The molecule has 0 radical (unpaired) electrons. The van der Waals surface area contributed by atoms with Crippen LogP contribution in [0.15, 0.2) is 59.6 Å². The molecule has 3 unspecified atom stereocenters. The first-order valence-corrected chi connectivity index (χ1v) is 17.0. The molecule has 12 heteroatoms. The van der Waals surface area contributed by atoms with Crippen molar-refractivity contribution < 1.29 is 13.9 Å². The summed E-state index contributed by atoms with van der Waals surface area (Å²) in [5.74, 6) is -0.358. The van der Waals surface area contributed by atoms with Gasteiger partial charge in [-0.2, -0.15) is 5.26 Å². The molecule has 0 saturated carbocycles. The SMILES string of the molecule is C[Si](C)(C)CCOCn1c(=O)n(C2CCOC3C(F)=CC=CC32)c2nc(-c3cnc4ccc(C#N)cn34)ncc21. The predicted octanol–water partition coefficient (Wildman–Crippen LogP) is 4.46. The van der Waals surface area contributed by atoms with E-state index in [1.54, 1.807) is 50.3 Å². The molecule has 4 aromatic rings. The number of pyridine rings is 1. The highest BCUT2D eigenvalue weighted by molar-refractivity contribution is 6.76. The molecule has 0 amide bonds. The molecule has 0 aromatic carbocycles. The fourth-order valence-corrected chi connectivity index (χ4v) is 6.09. The summed E-state index contributed by atoms with van der Waals surface area (Å²) in [6, 6.07) is 6.19. The third kappa shape index (κ3) is 4.70. The van der Waals surface area contributed by atoms with Crippen LogP contribution in [0.5, 0.6) is 0 Å². The number of hydrogen-bond donors (Lipinski definition) is 0. The first-order chi connectivity index (χ1) is 19.2. The van der Waals surface area contributed by atoms with E-state index in [1.165, 1.54) is 6.08 Å².